The van der Waals surface area contributed by atoms with Crippen LogP contribution in [0.5, 0.6) is 0 Å². The molecule has 0 spiro atoms. The van der Waals surface area contributed by atoms with Crippen LogP contribution in [-0.2, 0) is 68.3 Å². The van der Waals surface area contributed by atoms with E-state index in [2.05, 4.69) is 90.1 Å². The number of fused-ring (bicyclic) bond motifs is 1. The number of rotatable bonds is 34. The van der Waals surface area contributed by atoms with Gasteiger partial charge in [0.05, 0.1) is 54.6 Å². The molecule has 0 radical (unpaired) electrons. The second kappa shape index (κ2) is 46.2. The Balaban J connectivity index is 0.000000329. The fourth-order valence-corrected chi connectivity index (χ4v) is 17.9. The summed E-state index contributed by atoms with van der Waals surface area (Å²) in [5.41, 5.74) is 21.7. The fraction of sp³-hybridized carbons (Fsp3) is 0.786. The van der Waals surface area contributed by atoms with E-state index in [4.69, 9.17) is 54.7 Å². The van der Waals surface area contributed by atoms with Crippen LogP contribution in [0.15, 0.2) is 65.9 Å². The molecular formula is C84H139N13O17. The Kier molecular flexibility index (Phi) is 39.5. The maximum Gasteiger partial charge on any atom is 0.417 e. The van der Waals surface area contributed by atoms with E-state index in [1.807, 2.05) is 99.0 Å². The zero-order valence-electron chi connectivity index (χ0n) is 71.9. The van der Waals surface area contributed by atoms with Gasteiger partial charge in [-0.05, 0) is 208 Å². The van der Waals surface area contributed by atoms with E-state index in [9.17, 15) is 43.5 Å². The molecule has 6 fully saturated rings. The number of unbranched alkanes of at least 4 members (excludes halogenated alkanes) is 2. The zero-order chi connectivity index (χ0) is 85.2. The molecule has 27 atom stereocenters. The molecule has 6 heterocycles. The molecule has 0 bridgehead atoms. The number of amides is 4. The lowest BCUT2D eigenvalue weighted by molar-refractivity contribution is -0.260. The largest absolute Gasteiger partial charge is 0.458 e. The minimum absolute atomic E-state index is 0.0141. The molecule has 30 heteroatoms. The molecule has 0 aliphatic carbocycles. The number of benzene rings is 1. The van der Waals surface area contributed by atoms with Gasteiger partial charge >= 0.3 is 24.2 Å². The van der Waals surface area contributed by atoms with Crippen LogP contribution in [0.2, 0.25) is 0 Å². The Labute approximate surface area is 677 Å². The normalized spacial score (nSPS) is 32.7. The number of hydrogen-bond donors (Lipinski definition) is 3. The number of cyclic esters (lactones) is 3. The fourth-order valence-electron chi connectivity index (χ4n) is 17.9. The van der Waals surface area contributed by atoms with Crippen molar-refractivity contribution < 1.29 is 81.4 Å². The minimum Gasteiger partial charge on any atom is -0.458 e. The van der Waals surface area contributed by atoms with Crippen LogP contribution >= 0.6 is 0 Å². The van der Waals surface area contributed by atoms with Crippen LogP contribution < -0.4 is 11.1 Å². The summed E-state index contributed by atoms with van der Waals surface area (Å²) in [5.74, 6) is -5.65. The van der Waals surface area contributed by atoms with E-state index in [0.29, 0.717) is 96.9 Å². The maximum absolute atomic E-state index is 14.3. The van der Waals surface area contributed by atoms with E-state index in [0.717, 1.165) is 36.0 Å². The van der Waals surface area contributed by atoms with Crippen LogP contribution in [0.25, 0.3) is 20.9 Å². The SMILES string of the molecule is C=CC[C@@H](C[C@@H](C)C=O)[C@H](O[C@@H]1O[C@H](C)CC(N(C)C)[C@H]1C)[C@@H](C)C(=O)C(C)C(=O)N1C(=O)OC[C@H]1Cc1ccccc1.C=CC[C@H]1C[C@@H](C)CN[C@H](C)[C@H]2N(CCCCN=[N+]=[N-])C(=O)O[C@]2(C)[C@@H](CC)OC(=O)C(C)C(=O)[C@H](C)[C@H]1O[C@@H]1O[C@H](C)CC(N(C)C)[C@H]1C.CC[C@@H](O)[C@@]1(C)OC(=O)N(CCCCN=[N+]=[N-])[C@@H]1[C@@H](C)N. The summed E-state index contributed by atoms with van der Waals surface area (Å²) in [6, 6.07) is 8.14. The maximum atomic E-state index is 14.3. The molecule has 1 aromatic carbocycles. The highest BCUT2D eigenvalue weighted by Crippen LogP contribution is 2.42. The van der Waals surface area contributed by atoms with E-state index >= 15 is 0 Å². The summed E-state index contributed by atoms with van der Waals surface area (Å²) in [5, 5.41) is 21.0. The number of allylic oxidation sites excluding steroid dienone is 2. The van der Waals surface area contributed by atoms with Crippen molar-refractivity contribution in [1.82, 2.24) is 29.8 Å². The molecule has 1 aromatic rings. The highest BCUT2D eigenvalue weighted by molar-refractivity contribution is 6.07. The molecule has 6 aliphatic rings. The molecule has 4 amide bonds. The van der Waals surface area contributed by atoms with Crippen LogP contribution in [-0.4, -0.2) is 248 Å². The Hall–Kier alpha value is -7.08. The molecule has 6 aliphatic heterocycles. The summed E-state index contributed by atoms with van der Waals surface area (Å²) in [6.45, 7) is 40.5. The van der Waals surface area contributed by atoms with Gasteiger partial charge in [0, 0.05) is 89.8 Å². The van der Waals surface area contributed by atoms with E-state index in [-0.39, 0.29) is 96.1 Å². The molecule has 4 N–H and O–H groups in total. The lowest BCUT2D eigenvalue weighted by atomic mass is 9.79. The first-order chi connectivity index (χ1) is 53.9. The number of carbonyl (C=O) groups excluding carboxylic acids is 8. The average molecular weight is 1600 g/mol. The Morgan fingerprint density at radius 2 is 1.37 bits per heavy atom. The molecule has 7 rings (SSSR count). The second-order valence-electron chi connectivity index (χ2n) is 33.8. The van der Waals surface area contributed by atoms with Gasteiger partial charge in [-0.2, -0.15) is 0 Å². The number of Topliss-reactive ketones (excluding diaryl/α,β-unsaturated/α-hetero) is 2. The molecule has 0 saturated carbocycles. The number of esters is 1. The lowest BCUT2D eigenvalue weighted by Gasteiger charge is -2.45. The third-order valence-electron chi connectivity index (χ3n) is 24.3. The number of imide groups is 1. The quantitative estimate of drug-likeness (QED) is 0.00664. The van der Waals surface area contributed by atoms with Gasteiger partial charge in [-0.15, -0.1) is 13.2 Å². The number of nitrogens with one attached hydrogen (secondary N) is 1. The van der Waals surface area contributed by atoms with Gasteiger partial charge in [-0.3, -0.25) is 29.0 Å². The summed E-state index contributed by atoms with van der Waals surface area (Å²) in [6.07, 6.45) is 7.04. The monoisotopic (exact) mass is 1600 g/mol. The summed E-state index contributed by atoms with van der Waals surface area (Å²) < 4.78 is 49.3. The molecule has 30 nitrogen and oxygen atoms in total. The van der Waals surface area contributed by atoms with Crippen LogP contribution in [0, 0.1) is 59.2 Å². The predicted octanol–water partition coefficient (Wildman–Crippen LogP) is 12.8. The number of azide groups is 2. The number of carbonyl (C=O) groups is 8. The first kappa shape index (κ1) is 97.5. The molecule has 4 unspecified atom stereocenters. The van der Waals surface area contributed by atoms with Crippen molar-refractivity contribution in [3.8, 4) is 0 Å². The number of nitrogens with two attached hydrogens (primary N) is 1. The number of aliphatic hydroxyl groups is 1. The van der Waals surface area contributed by atoms with Crippen molar-refractivity contribution in [3.05, 3.63) is 82.1 Å². The van der Waals surface area contributed by atoms with Gasteiger partial charge in [0.25, 0.3) is 0 Å². The average Bonchev–Trinajstić information content (AvgIpc) is 1.60. The topological polar surface area (TPSA) is 382 Å². The van der Waals surface area contributed by atoms with Gasteiger partial charge in [0.2, 0.25) is 5.91 Å². The Bertz CT molecular complexity index is 3380. The number of ether oxygens (including phenoxy) is 8. The molecule has 6 saturated heterocycles. The van der Waals surface area contributed by atoms with Gasteiger partial charge in [0.15, 0.2) is 29.6 Å². The molecule has 114 heavy (non-hydrogen) atoms. The highest BCUT2D eigenvalue weighted by atomic mass is 16.7. The predicted molar refractivity (Wildman–Crippen MR) is 435 cm³/mol. The van der Waals surface area contributed by atoms with E-state index in [1.54, 1.807) is 50.5 Å². The standard InChI is InChI=1S/C37H64N6O7.C34H50N2O7.C13H25N5O3/c1-12-16-28-19-22(3)21-39-27(8)33-37(9,50-36(46)43(33)18-15-14-17-40-41-38)30(13-2)48-34(45)26(7)31(44)25(6)32(28)49-35-24(5)29(42(10)11)20-23(4)47-35;1-9-13-27(16-21(2)19-37)31(43-33-23(4)29(35(7)8)17-22(3)42-33)24(5)30(38)25(6)32(39)36-28(20-41-34(36)40)18-26-14-11-10-12-15-26;1-4-10(19)13(3)11(9(2)14)18(12(20)21-13)8-6-5-7-16-17-15/h12,22-30,32-33,35,39H,1,13-21H2,2-11H3;9-12,14-15,19,21-25,27-29,31,33H,1,13,16-18,20H2,2-8H3;9-11,19H,4-8,14H2,1-3H3/t22-,23-,24-,25+,26?,27-,28+,29?,30-,32-,33-,35+,37-;21-,22-,23-,24+,25?,27+,28-,29?,31-,33+;9-,10-,11-,13-/m111/s1. The van der Waals surface area contributed by atoms with E-state index < -0.39 is 114 Å². The first-order valence-electron chi connectivity index (χ1n) is 41.5. The lowest BCUT2D eigenvalue weighted by Crippen LogP contribution is -2.60. The number of ketones is 2. The smallest absolute Gasteiger partial charge is 0.417 e. The van der Waals surface area contributed by atoms with E-state index in [1.165, 1.54) is 0 Å². The third-order valence-corrected chi connectivity index (χ3v) is 24.3. The van der Waals surface area contributed by atoms with Crippen molar-refractivity contribution >= 4 is 48.0 Å². The molecule has 0 aromatic heterocycles. The first-order valence-corrected chi connectivity index (χ1v) is 41.5. The second-order valence-corrected chi connectivity index (χ2v) is 33.8. The van der Waals surface area contributed by atoms with Crippen LogP contribution in [0.3, 0.4) is 0 Å². The van der Waals surface area contributed by atoms with Crippen LogP contribution in [0.4, 0.5) is 14.4 Å². The van der Waals surface area contributed by atoms with Gasteiger partial charge in [-0.1, -0.05) is 108 Å². The number of aldehydes is 1. The zero-order valence-corrected chi connectivity index (χ0v) is 71.9. The highest BCUT2D eigenvalue weighted by Gasteiger charge is 2.59. The molecular weight excluding hydrogens is 1460 g/mol. The Morgan fingerprint density at radius 3 is 1.90 bits per heavy atom. The van der Waals surface area contributed by atoms with Crippen molar-refractivity contribution in [2.24, 2.45) is 75.1 Å². The van der Waals surface area contributed by atoms with Crippen molar-refractivity contribution in [1.29, 1.82) is 0 Å². The van der Waals surface area contributed by atoms with Crippen molar-refractivity contribution in [2.75, 3.05) is 67.5 Å². The van der Waals surface area contributed by atoms with Gasteiger partial charge in [-0.25, -0.2) is 19.3 Å². The minimum atomic E-state index is -1.18. The molecule has 642 valence electrons. The third kappa shape index (κ3) is 25.5. The van der Waals surface area contributed by atoms with Gasteiger partial charge in [0.1, 0.15) is 30.7 Å². The summed E-state index contributed by atoms with van der Waals surface area (Å²) in [4.78, 5) is 120. The summed E-state index contributed by atoms with van der Waals surface area (Å²) >= 11 is 0. The number of hydrogen-bond acceptors (Lipinski definition) is 23. The number of nitrogens with zero attached hydrogens (tertiary/aromatic N) is 11. The van der Waals surface area contributed by atoms with Crippen molar-refractivity contribution in [3.63, 3.8) is 0 Å². The summed E-state index contributed by atoms with van der Waals surface area (Å²) in [7, 11) is 8.21. The van der Waals surface area contributed by atoms with Gasteiger partial charge < -0.3 is 68.6 Å². The van der Waals surface area contributed by atoms with Crippen molar-refractivity contribution in [2.45, 2.75) is 297 Å². The van der Waals surface area contributed by atoms with Crippen LogP contribution in [0.1, 0.15) is 193 Å². The number of aliphatic hydroxyl groups excluding tert-OH is 1. The Morgan fingerprint density at radius 1 is 0.798 bits per heavy atom.